The minimum atomic E-state index is -0.265. The molecule has 18 heavy (non-hydrogen) atoms. The van der Waals surface area contributed by atoms with Crippen molar-refractivity contribution in [2.24, 2.45) is 0 Å². The highest BCUT2D eigenvalue weighted by atomic mass is 19.1. The molecule has 0 aromatic heterocycles. The van der Waals surface area contributed by atoms with Gasteiger partial charge in [-0.3, -0.25) is 4.79 Å². The van der Waals surface area contributed by atoms with E-state index in [1.165, 1.54) is 6.07 Å². The summed E-state index contributed by atoms with van der Waals surface area (Å²) in [5, 5.41) is 3.10. The molecule has 100 valence electrons. The van der Waals surface area contributed by atoms with Crippen LogP contribution in [0, 0.1) is 12.7 Å². The van der Waals surface area contributed by atoms with Crippen LogP contribution >= 0.6 is 0 Å². The zero-order valence-electron chi connectivity index (χ0n) is 11.5. The molecule has 1 aromatic rings. The fraction of sp³-hybridized carbons (Fsp3) is 0.500. The van der Waals surface area contributed by atoms with Gasteiger partial charge in [-0.25, -0.2) is 4.39 Å². The van der Waals surface area contributed by atoms with E-state index >= 15 is 0 Å². The van der Waals surface area contributed by atoms with Gasteiger partial charge in [0.15, 0.2) is 0 Å². The third-order valence-electron chi connectivity index (χ3n) is 3.07. The van der Waals surface area contributed by atoms with Crippen molar-refractivity contribution >= 4 is 5.91 Å². The number of hydrogen-bond donors (Lipinski definition) is 1. The van der Waals surface area contributed by atoms with Crippen LogP contribution in [0.5, 0.6) is 0 Å². The van der Waals surface area contributed by atoms with Gasteiger partial charge in [-0.2, -0.15) is 0 Å². The fourth-order valence-corrected chi connectivity index (χ4v) is 1.59. The number of hydrogen-bond acceptors (Lipinski definition) is 2. The van der Waals surface area contributed by atoms with E-state index in [0.29, 0.717) is 18.7 Å². The zero-order chi connectivity index (χ0) is 13.7. The molecule has 1 N–H and O–H groups in total. The Morgan fingerprint density at radius 2 is 2.17 bits per heavy atom. The second-order valence-electron chi connectivity index (χ2n) is 4.54. The van der Waals surface area contributed by atoms with Crippen molar-refractivity contribution in [3.63, 3.8) is 0 Å². The number of amides is 1. The summed E-state index contributed by atoms with van der Waals surface area (Å²) in [4.78, 5) is 13.5. The number of benzene rings is 1. The molecule has 0 saturated heterocycles. The first-order valence-corrected chi connectivity index (χ1v) is 6.19. The van der Waals surface area contributed by atoms with E-state index in [2.05, 4.69) is 5.32 Å². The van der Waals surface area contributed by atoms with Crippen molar-refractivity contribution in [2.75, 3.05) is 13.6 Å². The quantitative estimate of drug-likeness (QED) is 0.870. The molecule has 1 aromatic carbocycles. The molecule has 0 bridgehead atoms. The standard InChI is InChI=1S/C14H21FN2O/c1-5-17(4)14(18)11(3)16-9-12-7-6-10(2)13(15)8-12/h6-8,11,16H,5,9H2,1-4H3. The van der Waals surface area contributed by atoms with Gasteiger partial charge in [-0.15, -0.1) is 0 Å². The maximum atomic E-state index is 13.3. The molecule has 0 aliphatic carbocycles. The van der Waals surface area contributed by atoms with Gasteiger partial charge in [0.1, 0.15) is 5.82 Å². The molecular weight excluding hydrogens is 231 g/mol. The summed E-state index contributed by atoms with van der Waals surface area (Å²) in [6, 6.07) is 4.85. The molecule has 0 aliphatic heterocycles. The third kappa shape index (κ3) is 3.81. The van der Waals surface area contributed by atoms with E-state index in [9.17, 15) is 9.18 Å². The van der Waals surface area contributed by atoms with E-state index in [0.717, 1.165) is 5.56 Å². The zero-order valence-corrected chi connectivity index (χ0v) is 11.5. The Balaban J connectivity index is 2.54. The summed E-state index contributed by atoms with van der Waals surface area (Å²) in [7, 11) is 1.77. The lowest BCUT2D eigenvalue weighted by molar-refractivity contribution is -0.131. The first-order valence-electron chi connectivity index (χ1n) is 6.19. The van der Waals surface area contributed by atoms with Crippen LogP contribution in [-0.4, -0.2) is 30.4 Å². The minimum absolute atomic E-state index is 0.0464. The summed E-state index contributed by atoms with van der Waals surface area (Å²) in [6.45, 7) is 6.65. The average Bonchev–Trinajstić information content (AvgIpc) is 2.37. The monoisotopic (exact) mass is 252 g/mol. The number of carbonyl (C=O) groups is 1. The number of nitrogens with one attached hydrogen (secondary N) is 1. The predicted molar refractivity (Wildman–Crippen MR) is 70.7 cm³/mol. The van der Waals surface area contributed by atoms with Gasteiger partial charge in [-0.05, 0) is 38.0 Å². The molecule has 0 spiro atoms. The van der Waals surface area contributed by atoms with Crippen molar-refractivity contribution in [3.8, 4) is 0 Å². The smallest absolute Gasteiger partial charge is 0.239 e. The van der Waals surface area contributed by atoms with Gasteiger partial charge >= 0.3 is 0 Å². The van der Waals surface area contributed by atoms with E-state index in [1.807, 2.05) is 19.9 Å². The Morgan fingerprint density at radius 1 is 1.50 bits per heavy atom. The predicted octanol–water partition coefficient (Wildman–Crippen LogP) is 2.09. The fourth-order valence-electron chi connectivity index (χ4n) is 1.59. The van der Waals surface area contributed by atoms with Gasteiger partial charge < -0.3 is 10.2 Å². The van der Waals surface area contributed by atoms with Crippen molar-refractivity contribution < 1.29 is 9.18 Å². The Morgan fingerprint density at radius 3 is 2.72 bits per heavy atom. The molecule has 1 amide bonds. The van der Waals surface area contributed by atoms with Crippen molar-refractivity contribution in [2.45, 2.75) is 33.4 Å². The van der Waals surface area contributed by atoms with Crippen molar-refractivity contribution in [3.05, 3.63) is 35.1 Å². The molecule has 1 atom stereocenters. The molecule has 0 saturated carbocycles. The molecule has 4 heteroatoms. The van der Waals surface area contributed by atoms with Crippen LogP contribution in [0.1, 0.15) is 25.0 Å². The molecular formula is C14H21FN2O. The Kier molecular flexibility index (Phi) is 5.28. The average molecular weight is 252 g/mol. The van der Waals surface area contributed by atoms with Gasteiger partial charge in [-0.1, -0.05) is 12.1 Å². The van der Waals surface area contributed by atoms with Crippen molar-refractivity contribution in [1.82, 2.24) is 10.2 Å². The van der Waals surface area contributed by atoms with Crippen LogP contribution in [0.25, 0.3) is 0 Å². The van der Waals surface area contributed by atoms with Gasteiger partial charge in [0.05, 0.1) is 6.04 Å². The van der Waals surface area contributed by atoms with Crippen LogP contribution in [0.15, 0.2) is 18.2 Å². The molecule has 3 nitrogen and oxygen atoms in total. The van der Waals surface area contributed by atoms with Gasteiger partial charge in [0.2, 0.25) is 5.91 Å². The van der Waals surface area contributed by atoms with E-state index in [-0.39, 0.29) is 17.8 Å². The largest absolute Gasteiger partial charge is 0.345 e. The highest BCUT2D eigenvalue weighted by Gasteiger charge is 2.15. The second-order valence-corrected chi connectivity index (χ2v) is 4.54. The Labute approximate surface area is 108 Å². The summed E-state index contributed by atoms with van der Waals surface area (Å²) in [5.74, 6) is -0.163. The maximum absolute atomic E-state index is 13.3. The number of likely N-dealkylation sites (N-methyl/N-ethyl adjacent to an activating group) is 1. The summed E-state index contributed by atoms with van der Waals surface area (Å²) >= 11 is 0. The van der Waals surface area contributed by atoms with Gasteiger partial charge in [0.25, 0.3) is 0 Å². The molecule has 0 radical (unpaired) electrons. The van der Waals surface area contributed by atoms with Crippen molar-refractivity contribution in [1.29, 1.82) is 0 Å². The third-order valence-corrected chi connectivity index (χ3v) is 3.07. The van der Waals surface area contributed by atoms with E-state index in [4.69, 9.17) is 0 Å². The van der Waals surface area contributed by atoms with E-state index in [1.54, 1.807) is 24.9 Å². The SMILES string of the molecule is CCN(C)C(=O)C(C)NCc1ccc(C)c(F)c1. The lowest BCUT2D eigenvalue weighted by Gasteiger charge is -2.20. The highest BCUT2D eigenvalue weighted by molar-refractivity contribution is 5.81. The van der Waals surface area contributed by atoms with Crippen LogP contribution in [0.2, 0.25) is 0 Å². The maximum Gasteiger partial charge on any atom is 0.239 e. The number of aryl methyl sites for hydroxylation is 1. The molecule has 0 heterocycles. The second kappa shape index (κ2) is 6.50. The van der Waals surface area contributed by atoms with Crippen LogP contribution < -0.4 is 5.32 Å². The van der Waals surface area contributed by atoms with E-state index < -0.39 is 0 Å². The minimum Gasteiger partial charge on any atom is -0.345 e. The first-order chi connectivity index (χ1) is 8.45. The van der Waals surface area contributed by atoms with Crippen LogP contribution in [0.3, 0.4) is 0 Å². The van der Waals surface area contributed by atoms with Crippen LogP contribution in [0.4, 0.5) is 4.39 Å². The number of rotatable bonds is 5. The normalized spacial score (nSPS) is 12.3. The summed E-state index contributed by atoms with van der Waals surface area (Å²) in [6.07, 6.45) is 0. The lowest BCUT2D eigenvalue weighted by Crippen LogP contribution is -2.42. The summed E-state index contributed by atoms with van der Waals surface area (Å²) < 4.78 is 13.3. The highest BCUT2D eigenvalue weighted by Crippen LogP contribution is 2.09. The Hall–Kier alpha value is -1.42. The number of carbonyl (C=O) groups excluding carboxylic acids is 1. The molecule has 0 aliphatic rings. The first kappa shape index (κ1) is 14.6. The van der Waals surface area contributed by atoms with Gasteiger partial charge in [0, 0.05) is 20.1 Å². The molecule has 1 unspecified atom stereocenters. The molecule has 1 rings (SSSR count). The number of nitrogens with zero attached hydrogens (tertiary/aromatic N) is 1. The molecule has 0 fully saturated rings. The lowest BCUT2D eigenvalue weighted by atomic mass is 10.1. The topological polar surface area (TPSA) is 32.3 Å². The van der Waals surface area contributed by atoms with Crippen LogP contribution in [-0.2, 0) is 11.3 Å². The number of halogens is 1. The Bertz CT molecular complexity index is 420. The summed E-state index contributed by atoms with van der Waals surface area (Å²) in [5.41, 5.74) is 1.48.